The Balaban J connectivity index is 1.22. The molecule has 2 saturated heterocycles. The highest BCUT2D eigenvalue weighted by molar-refractivity contribution is 5.90. The number of alkyl halides is 3. The van der Waals surface area contributed by atoms with Crippen molar-refractivity contribution in [3.8, 4) is 11.4 Å². The number of hydroxylamine groups is 2. The standard InChI is InChI=1S/C31H34F3N9O4/c1-2-43(47-29(44)31(32,33)34)30(45)37-23-7-5-22(6-8-23)26-38-27(41-14-16-46-17-15-41)25-28(39-26)42(20-36-25)24-9-12-40(13-10-24)19-21-4-3-11-35-18-21/h3-8,11,18,20,24H,2,9-10,12-17,19H2,1H3,(H,37,45). The number of carbonyl (C=O) groups is 2. The Labute approximate surface area is 268 Å². The molecule has 0 unspecified atom stereocenters. The highest BCUT2D eigenvalue weighted by atomic mass is 19.4. The molecule has 0 saturated carbocycles. The molecule has 0 spiro atoms. The first-order valence-corrected chi connectivity index (χ1v) is 15.4. The van der Waals surface area contributed by atoms with Crippen molar-refractivity contribution in [3.63, 3.8) is 0 Å². The third-order valence-corrected chi connectivity index (χ3v) is 8.13. The van der Waals surface area contributed by atoms with Crippen LogP contribution < -0.4 is 10.2 Å². The van der Waals surface area contributed by atoms with Crippen LogP contribution in [-0.4, -0.2) is 98.6 Å². The molecule has 1 N–H and O–H groups in total. The number of urea groups is 1. The van der Waals surface area contributed by atoms with Gasteiger partial charge in [-0.25, -0.2) is 24.5 Å². The fourth-order valence-electron chi connectivity index (χ4n) is 5.69. The van der Waals surface area contributed by atoms with Gasteiger partial charge in [-0.05, 0) is 55.7 Å². The summed E-state index contributed by atoms with van der Waals surface area (Å²) in [5.41, 5.74) is 3.56. The SMILES string of the molecule is CCN(OC(=O)C(F)(F)F)C(=O)Nc1ccc(-c2nc(N3CCOCC3)c3ncn(C4CCN(Cc5cccnc5)CC4)c3n2)cc1. The van der Waals surface area contributed by atoms with E-state index in [0.717, 1.165) is 38.1 Å². The summed E-state index contributed by atoms with van der Waals surface area (Å²) in [6.45, 7) is 6.23. The minimum absolute atomic E-state index is 0.205. The Morgan fingerprint density at radius 2 is 1.81 bits per heavy atom. The minimum atomic E-state index is -5.23. The Morgan fingerprint density at radius 1 is 1.06 bits per heavy atom. The van der Waals surface area contributed by atoms with Gasteiger partial charge in [0, 0.05) is 62.4 Å². The lowest BCUT2D eigenvalue weighted by Crippen LogP contribution is -2.40. The van der Waals surface area contributed by atoms with E-state index in [1.54, 1.807) is 30.5 Å². The number of aromatic nitrogens is 5. The van der Waals surface area contributed by atoms with Gasteiger partial charge in [0.1, 0.15) is 0 Å². The molecular weight excluding hydrogens is 619 g/mol. The van der Waals surface area contributed by atoms with Gasteiger partial charge in [-0.3, -0.25) is 9.88 Å². The Bertz CT molecular complexity index is 1690. The number of pyridine rings is 1. The molecule has 0 bridgehead atoms. The maximum absolute atomic E-state index is 12.6. The molecule has 0 aliphatic carbocycles. The van der Waals surface area contributed by atoms with Crippen LogP contribution in [0.5, 0.6) is 0 Å². The number of benzene rings is 1. The van der Waals surface area contributed by atoms with Crippen molar-refractivity contribution in [1.29, 1.82) is 0 Å². The average molecular weight is 654 g/mol. The highest BCUT2D eigenvalue weighted by Gasteiger charge is 2.43. The van der Waals surface area contributed by atoms with Crippen molar-refractivity contribution >= 4 is 34.7 Å². The van der Waals surface area contributed by atoms with E-state index >= 15 is 0 Å². The first-order valence-electron chi connectivity index (χ1n) is 15.4. The second-order valence-electron chi connectivity index (χ2n) is 11.2. The summed E-state index contributed by atoms with van der Waals surface area (Å²) in [6.07, 6.45) is 2.15. The second kappa shape index (κ2) is 13.9. The van der Waals surface area contributed by atoms with E-state index in [4.69, 9.17) is 19.7 Å². The molecule has 248 valence electrons. The molecule has 2 fully saturated rings. The Morgan fingerprint density at radius 3 is 2.47 bits per heavy atom. The van der Waals surface area contributed by atoms with Crippen molar-refractivity contribution in [2.45, 2.75) is 38.5 Å². The number of hydrogen-bond acceptors (Lipinski definition) is 10. The van der Waals surface area contributed by atoms with E-state index < -0.39 is 18.2 Å². The fourth-order valence-corrected chi connectivity index (χ4v) is 5.69. The van der Waals surface area contributed by atoms with Crippen molar-refractivity contribution < 1.29 is 32.3 Å². The van der Waals surface area contributed by atoms with E-state index in [1.807, 2.05) is 18.6 Å². The molecule has 16 heteroatoms. The summed E-state index contributed by atoms with van der Waals surface area (Å²) in [5.74, 6) is -1.31. The van der Waals surface area contributed by atoms with Gasteiger partial charge >= 0.3 is 18.2 Å². The van der Waals surface area contributed by atoms with Gasteiger partial charge in [0.25, 0.3) is 0 Å². The van der Waals surface area contributed by atoms with Crippen LogP contribution in [0, 0.1) is 0 Å². The maximum Gasteiger partial charge on any atom is 0.493 e. The molecular formula is C31H34F3N9O4. The normalized spacial score (nSPS) is 16.3. The molecule has 3 aromatic heterocycles. The number of halogens is 3. The predicted octanol–water partition coefficient (Wildman–Crippen LogP) is 4.44. The van der Waals surface area contributed by atoms with Gasteiger partial charge in [-0.15, -0.1) is 0 Å². The number of hydrogen-bond donors (Lipinski definition) is 1. The third-order valence-electron chi connectivity index (χ3n) is 8.13. The zero-order valence-electron chi connectivity index (χ0n) is 25.7. The molecule has 1 aromatic carbocycles. The lowest BCUT2D eigenvalue weighted by atomic mass is 10.0. The summed E-state index contributed by atoms with van der Waals surface area (Å²) in [5, 5.41) is 2.75. The molecule has 47 heavy (non-hydrogen) atoms. The summed E-state index contributed by atoms with van der Waals surface area (Å²) < 4.78 is 45.6. The first-order chi connectivity index (χ1) is 22.7. The number of likely N-dealkylation sites (tertiary alicyclic amines) is 1. The number of piperidine rings is 1. The van der Waals surface area contributed by atoms with Crippen molar-refractivity contribution in [2.75, 3.05) is 56.2 Å². The number of nitrogens with one attached hydrogen (secondary N) is 1. The van der Waals surface area contributed by atoms with E-state index in [0.29, 0.717) is 54.1 Å². The predicted molar refractivity (Wildman–Crippen MR) is 165 cm³/mol. The third kappa shape index (κ3) is 7.44. The maximum atomic E-state index is 12.6. The molecule has 5 heterocycles. The van der Waals surface area contributed by atoms with Crippen molar-refractivity contribution in [3.05, 3.63) is 60.7 Å². The largest absolute Gasteiger partial charge is 0.493 e. The number of nitrogens with zero attached hydrogens (tertiary/aromatic N) is 8. The van der Waals surface area contributed by atoms with Crippen LogP contribution in [0.3, 0.4) is 0 Å². The molecule has 2 aliphatic rings. The molecule has 2 amide bonds. The first kappa shape index (κ1) is 32.1. The lowest BCUT2D eigenvalue weighted by molar-refractivity contribution is -0.226. The number of carbonyl (C=O) groups excluding carboxylic acids is 2. The van der Waals surface area contributed by atoms with Gasteiger partial charge < -0.3 is 24.4 Å². The Kier molecular flexibility index (Phi) is 9.49. The van der Waals surface area contributed by atoms with Crippen LogP contribution in [0.2, 0.25) is 0 Å². The van der Waals surface area contributed by atoms with Crippen molar-refractivity contribution in [1.82, 2.24) is 34.5 Å². The van der Waals surface area contributed by atoms with Crippen molar-refractivity contribution in [2.24, 2.45) is 0 Å². The summed E-state index contributed by atoms with van der Waals surface area (Å²) in [6, 6.07) is 9.77. The second-order valence-corrected chi connectivity index (χ2v) is 11.2. The van der Waals surface area contributed by atoms with Crippen LogP contribution in [-0.2, 0) is 20.9 Å². The highest BCUT2D eigenvalue weighted by Crippen LogP contribution is 2.32. The van der Waals surface area contributed by atoms with Crippen LogP contribution >= 0.6 is 0 Å². The average Bonchev–Trinajstić information content (AvgIpc) is 3.52. The van der Waals surface area contributed by atoms with Crippen LogP contribution in [0.1, 0.15) is 31.4 Å². The van der Waals surface area contributed by atoms with E-state index in [1.165, 1.54) is 12.5 Å². The number of imidazole rings is 1. The molecule has 6 rings (SSSR count). The molecule has 0 atom stereocenters. The van der Waals surface area contributed by atoms with Gasteiger partial charge in [-0.2, -0.15) is 18.2 Å². The number of anilines is 2. The number of amides is 2. The Hall–Kier alpha value is -4.83. The zero-order chi connectivity index (χ0) is 33.0. The van der Waals surface area contributed by atoms with E-state index in [2.05, 4.69) is 35.6 Å². The topological polar surface area (TPSA) is 131 Å². The number of fused-ring (bicyclic) bond motifs is 1. The number of rotatable bonds is 7. The quantitative estimate of drug-likeness (QED) is 0.286. The minimum Gasteiger partial charge on any atom is -0.378 e. The molecule has 0 radical (unpaired) electrons. The lowest BCUT2D eigenvalue weighted by Gasteiger charge is -2.32. The number of morpholine rings is 1. The molecule has 13 nitrogen and oxygen atoms in total. The van der Waals surface area contributed by atoms with E-state index in [9.17, 15) is 22.8 Å². The molecule has 4 aromatic rings. The summed E-state index contributed by atoms with van der Waals surface area (Å²) in [7, 11) is 0. The molecule has 2 aliphatic heterocycles. The van der Waals surface area contributed by atoms with Gasteiger partial charge in [0.05, 0.1) is 26.1 Å². The van der Waals surface area contributed by atoms with Gasteiger partial charge in [0.2, 0.25) is 0 Å². The smallest absolute Gasteiger partial charge is 0.378 e. The van der Waals surface area contributed by atoms with Gasteiger partial charge in [-0.1, -0.05) is 6.07 Å². The van der Waals surface area contributed by atoms with E-state index in [-0.39, 0.29) is 18.3 Å². The van der Waals surface area contributed by atoms with Crippen LogP contribution in [0.4, 0.5) is 29.5 Å². The number of ether oxygens (including phenoxy) is 1. The monoisotopic (exact) mass is 653 g/mol. The fraction of sp³-hybridized carbons (Fsp3) is 0.419. The van der Waals surface area contributed by atoms with Gasteiger partial charge in [0.15, 0.2) is 22.8 Å². The van der Waals surface area contributed by atoms with Crippen LogP contribution in [0.25, 0.3) is 22.6 Å². The summed E-state index contributed by atoms with van der Waals surface area (Å²) >= 11 is 0. The summed E-state index contributed by atoms with van der Waals surface area (Å²) in [4.78, 5) is 51.4. The zero-order valence-corrected chi connectivity index (χ0v) is 25.7. The van der Waals surface area contributed by atoms with Crippen LogP contribution in [0.15, 0.2) is 55.1 Å².